The zero-order valence-electron chi connectivity index (χ0n) is 14.0. The van der Waals surface area contributed by atoms with Gasteiger partial charge in [0.2, 0.25) is 5.91 Å². The van der Waals surface area contributed by atoms with Crippen molar-refractivity contribution in [3.8, 4) is 0 Å². The van der Waals surface area contributed by atoms with Gasteiger partial charge in [0.1, 0.15) is 0 Å². The van der Waals surface area contributed by atoms with Crippen molar-refractivity contribution in [3.63, 3.8) is 0 Å². The van der Waals surface area contributed by atoms with Crippen molar-refractivity contribution in [3.05, 3.63) is 59.1 Å². The minimum absolute atomic E-state index is 0.00417. The van der Waals surface area contributed by atoms with Crippen LogP contribution in [0.3, 0.4) is 0 Å². The fraction of sp³-hybridized carbons (Fsp3) is 0.278. The molecule has 1 aliphatic heterocycles. The third-order valence-corrected chi connectivity index (χ3v) is 4.57. The topological polar surface area (TPSA) is 62.9 Å². The molecule has 7 heteroatoms. The number of anilines is 2. The van der Waals surface area contributed by atoms with Crippen LogP contribution in [-0.4, -0.2) is 40.2 Å². The van der Waals surface area contributed by atoms with E-state index < -0.39 is 0 Å². The van der Waals surface area contributed by atoms with Gasteiger partial charge in [-0.15, -0.1) is 5.10 Å². The van der Waals surface area contributed by atoms with Crippen LogP contribution in [0.1, 0.15) is 6.42 Å². The summed E-state index contributed by atoms with van der Waals surface area (Å²) in [7, 11) is 2.02. The maximum Gasteiger partial charge on any atom is 0.350 e. The van der Waals surface area contributed by atoms with Crippen LogP contribution < -0.4 is 15.5 Å². The summed E-state index contributed by atoms with van der Waals surface area (Å²) in [6.07, 6.45) is 1.92. The molecule has 0 saturated heterocycles. The fourth-order valence-electron chi connectivity index (χ4n) is 3.22. The van der Waals surface area contributed by atoms with Crippen LogP contribution in [0.2, 0.25) is 0 Å². The molecule has 0 spiro atoms. The maximum atomic E-state index is 12.7. The van der Waals surface area contributed by atoms with Crippen molar-refractivity contribution in [2.24, 2.45) is 0 Å². The molecule has 0 aliphatic carbocycles. The number of para-hydroxylation sites is 2. The summed E-state index contributed by atoms with van der Waals surface area (Å²) in [5.74, 6) is 0.00417. The van der Waals surface area contributed by atoms with E-state index in [-0.39, 0.29) is 24.6 Å². The van der Waals surface area contributed by atoms with Gasteiger partial charge in [-0.05, 0) is 24.3 Å². The molecular weight excluding hydrogens is 318 g/mol. The van der Waals surface area contributed by atoms with E-state index in [1.165, 1.54) is 9.08 Å². The Morgan fingerprint density at radius 1 is 1.08 bits per heavy atom. The average Bonchev–Trinajstić information content (AvgIpc) is 2.96. The first kappa shape index (κ1) is 15.4. The van der Waals surface area contributed by atoms with Crippen LogP contribution in [-0.2, 0) is 11.3 Å². The fourth-order valence-corrected chi connectivity index (χ4v) is 3.22. The molecule has 0 radical (unpaired) electrons. The second kappa shape index (κ2) is 6.08. The van der Waals surface area contributed by atoms with Crippen LogP contribution in [0.15, 0.2) is 53.5 Å². The summed E-state index contributed by atoms with van der Waals surface area (Å²) in [6.45, 7) is 1.71. The van der Waals surface area contributed by atoms with Crippen molar-refractivity contribution in [2.45, 2.75) is 13.0 Å². The van der Waals surface area contributed by atoms with Crippen LogP contribution in [0.4, 0.5) is 11.4 Å². The number of aromatic nitrogens is 3. The Morgan fingerprint density at radius 3 is 2.64 bits per heavy atom. The van der Waals surface area contributed by atoms with Gasteiger partial charge in [-0.3, -0.25) is 9.20 Å². The molecule has 0 atom stereocenters. The predicted octanol–water partition coefficient (Wildman–Crippen LogP) is 1.37. The van der Waals surface area contributed by atoms with E-state index in [0.29, 0.717) is 12.2 Å². The smallest absolute Gasteiger partial charge is 0.350 e. The van der Waals surface area contributed by atoms with Gasteiger partial charge in [-0.2, -0.15) is 0 Å². The Labute approximate surface area is 144 Å². The zero-order chi connectivity index (χ0) is 17.4. The van der Waals surface area contributed by atoms with Gasteiger partial charge in [-0.25, -0.2) is 9.48 Å². The minimum atomic E-state index is -0.220. The summed E-state index contributed by atoms with van der Waals surface area (Å²) in [4.78, 5) is 29.0. The summed E-state index contributed by atoms with van der Waals surface area (Å²) in [5, 5.41) is 4.27. The van der Waals surface area contributed by atoms with Crippen molar-refractivity contribution >= 4 is 22.9 Å². The van der Waals surface area contributed by atoms with Crippen molar-refractivity contribution in [1.82, 2.24) is 14.2 Å². The lowest BCUT2D eigenvalue weighted by atomic mass is 10.1. The van der Waals surface area contributed by atoms with E-state index in [1.807, 2.05) is 37.4 Å². The Morgan fingerprint density at radius 2 is 1.84 bits per heavy atom. The highest BCUT2D eigenvalue weighted by Gasteiger charge is 2.24. The summed E-state index contributed by atoms with van der Waals surface area (Å²) < 4.78 is 2.84. The third-order valence-electron chi connectivity index (χ3n) is 4.57. The van der Waals surface area contributed by atoms with Gasteiger partial charge in [0, 0.05) is 32.8 Å². The summed E-state index contributed by atoms with van der Waals surface area (Å²) >= 11 is 0. The largest absolute Gasteiger partial charge is 0.371 e. The van der Waals surface area contributed by atoms with Crippen molar-refractivity contribution in [2.75, 3.05) is 29.9 Å². The van der Waals surface area contributed by atoms with Crippen molar-refractivity contribution < 1.29 is 4.79 Å². The number of hydrogen-bond donors (Lipinski definition) is 0. The highest BCUT2D eigenvalue weighted by Crippen LogP contribution is 2.32. The highest BCUT2D eigenvalue weighted by atomic mass is 16.2. The van der Waals surface area contributed by atoms with Crippen LogP contribution >= 0.6 is 0 Å². The molecular formula is C18H19N5O2. The predicted molar refractivity (Wildman–Crippen MR) is 96.1 cm³/mol. The SMILES string of the molecule is CN1CCN(C(=O)CCn2nc3ccccn3c2=O)c2ccccc21. The normalized spacial score (nSPS) is 14.0. The lowest BCUT2D eigenvalue weighted by Gasteiger charge is -2.35. The average molecular weight is 337 g/mol. The zero-order valence-corrected chi connectivity index (χ0v) is 14.0. The highest BCUT2D eigenvalue weighted by molar-refractivity contribution is 5.97. The van der Waals surface area contributed by atoms with E-state index in [1.54, 1.807) is 23.2 Å². The number of likely N-dealkylation sites (N-methyl/N-ethyl adjacent to an activating group) is 1. The standard InChI is InChI=1S/C18H19N5O2/c1-20-12-13-21(15-7-3-2-6-14(15)20)17(24)9-11-23-18(25)22-10-5-4-8-16(22)19-23/h2-8,10H,9,11-13H2,1H3. The summed E-state index contributed by atoms with van der Waals surface area (Å²) in [6, 6.07) is 13.3. The monoisotopic (exact) mass is 337 g/mol. The van der Waals surface area contributed by atoms with Gasteiger partial charge in [-0.1, -0.05) is 18.2 Å². The molecule has 7 nitrogen and oxygen atoms in total. The number of hydrogen-bond acceptors (Lipinski definition) is 4. The molecule has 3 aromatic rings. The van der Waals surface area contributed by atoms with E-state index in [2.05, 4.69) is 10.00 Å². The first-order valence-electron chi connectivity index (χ1n) is 8.30. The number of carbonyl (C=O) groups is 1. The summed E-state index contributed by atoms with van der Waals surface area (Å²) in [5.41, 5.74) is 2.34. The number of fused-ring (bicyclic) bond motifs is 2. The van der Waals surface area contributed by atoms with Gasteiger partial charge in [0.15, 0.2) is 5.65 Å². The van der Waals surface area contributed by atoms with Gasteiger partial charge in [0.05, 0.1) is 17.9 Å². The molecule has 4 rings (SSSR count). The molecule has 0 unspecified atom stereocenters. The lowest BCUT2D eigenvalue weighted by molar-refractivity contribution is -0.118. The number of benzene rings is 1. The number of carbonyl (C=O) groups excluding carboxylic acids is 1. The molecule has 1 aliphatic rings. The van der Waals surface area contributed by atoms with Gasteiger partial charge < -0.3 is 9.80 Å². The van der Waals surface area contributed by atoms with Crippen LogP contribution in [0, 0.1) is 0 Å². The van der Waals surface area contributed by atoms with Crippen molar-refractivity contribution in [1.29, 1.82) is 0 Å². The molecule has 1 amide bonds. The Kier molecular flexibility index (Phi) is 3.76. The molecule has 3 heterocycles. The number of pyridine rings is 1. The van der Waals surface area contributed by atoms with E-state index in [9.17, 15) is 9.59 Å². The van der Waals surface area contributed by atoms with Crippen LogP contribution in [0.25, 0.3) is 5.65 Å². The Balaban J connectivity index is 1.54. The molecule has 128 valence electrons. The quantitative estimate of drug-likeness (QED) is 0.724. The van der Waals surface area contributed by atoms with E-state index in [0.717, 1.165) is 17.9 Å². The van der Waals surface area contributed by atoms with Gasteiger partial charge in [0.25, 0.3) is 0 Å². The number of amides is 1. The molecule has 0 bridgehead atoms. The molecule has 2 aromatic heterocycles. The third kappa shape index (κ3) is 2.67. The minimum Gasteiger partial charge on any atom is -0.371 e. The first-order valence-corrected chi connectivity index (χ1v) is 8.30. The Hall–Kier alpha value is -3.09. The Bertz CT molecular complexity index is 990. The van der Waals surface area contributed by atoms with Crippen LogP contribution in [0.5, 0.6) is 0 Å². The lowest BCUT2D eigenvalue weighted by Crippen LogP contribution is -2.43. The number of nitrogens with zero attached hydrogens (tertiary/aromatic N) is 5. The molecule has 1 aromatic carbocycles. The van der Waals surface area contributed by atoms with Gasteiger partial charge >= 0.3 is 5.69 Å². The molecule has 25 heavy (non-hydrogen) atoms. The van der Waals surface area contributed by atoms with E-state index >= 15 is 0 Å². The molecule has 0 fully saturated rings. The van der Waals surface area contributed by atoms with E-state index in [4.69, 9.17) is 0 Å². The number of aryl methyl sites for hydroxylation is 1. The maximum absolute atomic E-state index is 12.7. The molecule has 0 N–H and O–H groups in total. The number of rotatable bonds is 3. The second-order valence-electron chi connectivity index (χ2n) is 6.14. The second-order valence-corrected chi connectivity index (χ2v) is 6.14. The first-order chi connectivity index (χ1) is 12.1. The molecule has 0 saturated carbocycles.